The molecule has 0 N–H and O–H groups in total. The van der Waals surface area contributed by atoms with Crippen LogP contribution in [0.5, 0.6) is 5.75 Å². The fraction of sp³-hybridized carbons (Fsp3) is 0.560. The lowest BCUT2D eigenvalue weighted by molar-refractivity contribution is -0.135. The van der Waals surface area contributed by atoms with Crippen molar-refractivity contribution in [2.45, 2.75) is 40.2 Å². The smallest absolute Gasteiger partial charge is 0.225 e. The first-order valence-electron chi connectivity index (χ1n) is 11.0. The number of methoxy groups -OCH3 is 1. The molecular weight excluding hydrogens is 392 g/mol. The average molecular weight is 429 g/mol. The Bertz CT molecular complexity index is 803. The van der Waals surface area contributed by atoms with Crippen LogP contribution in [-0.4, -0.2) is 49.0 Å². The number of hydrogen-bond acceptors (Lipinski definition) is 4. The van der Waals surface area contributed by atoms with Gasteiger partial charge >= 0.3 is 0 Å². The summed E-state index contributed by atoms with van der Waals surface area (Å²) in [6, 6.07) is 10.7. The number of thiophene rings is 1. The van der Waals surface area contributed by atoms with Crippen LogP contribution in [-0.2, 0) is 11.3 Å². The molecule has 1 saturated heterocycles. The molecule has 1 aliphatic rings. The van der Waals surface area contributed by atoms with Gasteiger partial charge in [-0.2, -0.15) is 11.3 Å². The molecular formula is C25H36N2O2S. The molecule has 0 spiro atoms. The van der Waals surface area contributed by atoms with E-state index in [4.69, 9.17) is 4.74 Å². The SMILES string of the molecule is COc1cccc(C2CN(Cc3ccsc3)CC2CN(CC(C)C)C(=O)C(C)C)c1. The summed E-state index contributed by atoms with van der Waals surface area (Å²) in [7, 11) is 1.72. The van der Waals surface area contributed by atoms with Gasteiger partial charge in [0.25, 0.3) is 0 Å². The second-order valence-electron chi connectivity index (χ2n) is 9.26. The molecule has 164 valence electrons. The van der Waals surface area contributed by atoms with Crippen molar-refractivity contribution >= 4 is 17.2 Å². The lowest BCUT2D eigenvalue weighted by Crippen LogP contribution is -2.41. The highest BCUT2D eigenvalue weighted by molar-refractivity contribution is 7.07. The number of ether oxygens (including phenoxy) is 1. The van der Waals surface area contributed by atoms with Crippen LogP contribution in [0.4, 0.5) is 0 Å². The first kappa shape index (κ1) is 22.8. The first-order chi connectivity index (χ1) is 14.4. The van der Waals surface area contributed by atoms with Crippen molar-refractivity contribution < 1.29 is 9.53 Å². The van der Waals surface area contributed by atoms with Crippen LogP contribution in [0.15, 0.2) is 41.1 Å². The van der Waals surface area contributed by atoms with Gasteiger partial charge in [0.05, 0.1) is 7.11 Å². The van der Waals surface area contributed by atoms with Gasteiger partial charge in [-0.15, -0.1) is 0 Å². The van der Waals surface area contributed by atoms with E-state index in [1.807, 2.05) is 19.9 Å². The summed E-state index contributed by atoms with van der Waals surface area (Å²) >= 11 is 1.75. The Balaban J connectivity index is 1.83. The second kappa shape index (κ2) is 10.5. The highest BCUT2D eigenvalue weighted by atomic mass is 32.1. The van der Waals surface area contributed by atoms with Crippen LogP contribution in [0.25, 0.3) is 0 Å². The van der Waals surface area contributed by atoms with Gasteiger partial charge in [0.15, 0.2) is 0 Å². The number of amides is 1. The summed E-state index contributed by atoms with van der Waals surface area (Å²) in [5.74, 6) is 2.48. The van der Waals surface area contributed by atoms with Crippen LogP contribution >= 0.6 is 11.3 Å². The van der Waals surface area contributed by atoms with Crippen molar-refractivity contribution in [1.82, 2.24) is 9.80 Å². The van der Waals surface area contributed by atoms with Crippen molar-refractivity contribution in [3.8, 4) is 5.75 Å². The predicted octanol–water partition coefficient (Wildman–Crippen LogP) is 5.11. The van der Waals surface area contributed by atoms with Crippen molar-refractivity contribution in [2.24, 2.45) is 17.8 Å². The van der Waals surface area contributed by atoms with E-state index in [0.29, 0.717) is 17.8 Å². The molecule has 0 radical (unpaired) electrons. The number of nitrogens with zero attached hydrogens (tertiary/aromatic N) is 2. The molecule has 2 atom stereocenters. The quantitative estimate of drug-likeness (QED) is 0.556. The monoisotopic (exact) mass is 428 g/mol. The zero-order valence-corrected chi connectivity index (χ0v) is 19.8. The van der Waals surface area contributed by atoms with Gasteiger partial charge in [0, 0.05) is 44.6 Å². The fourth-order valence-electron chi connectivity index (χ4n) is 4.51. The molecule has 0 bridgehead atoms. The van der Waals surface area contributed by atoms with E-state index < -0.39 is 0 Å². The zero-order valence-electron chi connectivity index (χ0n) is 19.0. The van der Waals surface area contributed by atoms with Gasteiger partial charge in [-0.05, 0) is 51.9 Å². The standard InChI is InChI=1S/C25H36N2O2S/c1-18(2)12-27(25(28)19(3)4)15-22-14-26(13-20-9-10-30-17-20)16-24(22)21-7-6-8-23(11-21)29-5/h6-11,17-19,22,24H,12-16H2,1-5H3. The maximum atomic E-state index is 12.9. The van der Waals surface area contributed by atoms with Crippen LogP contribution in [0, 0.1) is 17.8 Å². The van der Waals surface area contributed by atoms with E-state index in [9.17, 15) is 4.79 Å². The Morgan fingerprint density at radius 2 is 2.03 bits per heavy atom. The van der Waals surface area contributed by atoms with E-state index >= 15 is 0 Å². The topological polar surface area (TPSA) is 32.8 Å². The van der Waals surface area contributed by atoms with E-state index in [0.717, 1.165) is 38.5 Å². The highest BCUT2D eigenvalue weighted by Gasteiger charge is 2.36. The Morgan fingerprint density at radius 1 is 1.23 bits per heavy atom. The Kier molecular flexibility index (Phi) is 7.95. The number of rotatable bonds is 9. The molecule has 1 aromatic carbocycles. The molecule has 4 nitrogen and oxygen atoms in total. The fourth-order valence-corrected chi connectivity index (χ4v) is 5.17. The number of benzene rings is 1. The number of carbonyl (C=O) groups excluding carboxylic acids is 1. The largest absolute Gasteiger partial charge is 0.497 e. The summed E-state index contributed by atoms with van der Waals surface area (Å²) in [5, 5.41) is 4.38. The van der Waals surface area contributed by atoms with Crippen LogP contribution < -0.4 is 4.74 Å². The van der Waals surface area contributed by atoms with Crippen molar-refractivity contribution in [1.29, 1.82) is 0 Å². The Hall–Kier alpha value is -1.85. The zero-order chi connectivity index (χ0) is 21.7. The molecule has 1 fully saturated rings. The summed E-state index contributed by atoms with van der Waals surface area (Å²) in [6.07, 6.45) is 0. The van der Waals surface area contributed by atoms with Crippen molar-refractivity contribution in [3.05, 3.63) is 52.2 Å². The molecule has 5 heteroatoms. The minimum absolute atomic E-state index is 0.0299. The summed E-state index contributed by atoms with van der Waals surface area (Å²) in [4.78, 5) is 17.6. The molecule has 3 rings (SSSR count). The van der Waals surface area contributed by atoms with Gasteiger partial charge in [0.1, 0.15) is 5.75 Å². The van der Waals surface area contributed by atoms with Crippen LogP contribution in [0.1, 0.15) is 44.7 Å². The third kappa shape index (κ3) is 5.86. The van der Waals surface area contributed by atoms with Gasteiger partial charge in [-0.1, -0.05) is 39.8 Å². The lowest BCUT2D eigenvalue weighted by atomic mass is 9.88. The normalized spacial score (nSPS) is 19.6. The Labute approximate surface area is 185 Å². The molecule has 1 amide bonds. The molecule has 2 unspecified atom stereocenters. The minimum Gasteiger partial charge on any atom is -0.497 e. The molecule has 0 saturated carbocycles. The second-order valence-corrected chi connectivity index (χ2v) is 10.0. The number of likely N-dealkylation sites (tertiary alicyclic amines) is 1. The van der Waals surface area contributed by atoms with Gasteiger partial charge < -0.3 is 9.64 Å². The molecule has 2 heterocycles. The predicted molar refractivity (Wildman–Crippen MR) is 125 cm³/mol. The molecule has 1 aliphatic heterocycles. The van der Waals surface area contributed by atoms with Crippen LogP contribution in [0.2, 0.25) is 0 Å². The summed E-state index contributed by atoms with van der Waals surface area (Å²) in [6.45, 7) is 13.0. The third-order valence-electron chi connectivity index (χ3n) is 5.87. The molecule has 1 aromatic heterocycles. The number of carbonyl (C=O) groups is 1. The maximum Gasteiger partial charge on any atom is 0.225 e. The van der Waals surface area contributed by atoms with Gasteiger partial charge in [-0.25, -0.2) is 0 Å². The van der Waals surface area contributed by atoms with Crippen LogP contribution in [0.3, 0.4) is 0 Å². The lowest BCUT2D eigenvalue weighted by Gasteiger charge is -2.31. The highest BCUT2D eigenvalue weighted by Crippen LogP contribution is 2.36. The third-order valence-corrected chi connectivity index (χ3v) is 6.60. The van der Waals surface area contributed by atoms with E-state index in [-0.39, 0.29) is 11.8 Å². The summed E-state index contributed by atoms with van der Waals surface area (Å²) in [5.41, 5.74) is 2.69. The van der Waals surface area contributed by atoms with Gasteiger partial charge in [0.2, 0.25) is 5.91 Å². The molecule has 0 aliphatic carbocycles. The summed E-state index contributed by atoms with van der Waals surface area (Å²) < 4.78 is 5.49. The minimum atomic E-state index is 0.0299. The molecule has 2 aromatic rings. The first-order valence-corrected chi connectivity index (χ1v) is 12.0. The number of hydrogen-bond donors (Lipinski definition) is 0. The Morgan fingerprint density at radius 3 is 2.67 bits per heavy atom. The van der Waals surface area contributed by atoms with E-state index in [1.54, 1.807) is 18.4 Å². The average Bonchev–Trinajstić information content (AvgIpc) is 3.36. The maximum absolute atomic E-state index is 12.9. The van der Waals surface area contributed by atoms with E-state index in [2.05, 4.69) is 58.7 Å². The van der Waals surface area contributed by atoms with Gasteiger partial charge in [-0.3, -0.25) is 9.69 Å². The molecule has 30 heavy (non-hydrogen) atoms. The van der Waals surface area contributed by atoms with Crippen molar-refractivity contribution in [3.63, 3.8) is 0 Å². The van der Waals surface area contributed by atoms with E-state index in [1.165, 1.54) is 11.1 Å². The van der Waals surface area contributed by atoms with Crippen molar-refractivity contribution in [2.75, 3.05) is 33.3 Å².